The zero-order chi connectivity index (χ0) is 25.7. The van der Waals surface area contributed by atoms with Crippen molar-refractivity contribution in [3.05, 3.63) is 35.4 Å². The standard InChI is InChI=1S/C31H52O4/c1-5-9-10-11-12-13-14-15-16-19-24-34-30(32)28-22-17-18-23-29(28)31(33)35-25-27(21-7-3)26(8-4)20-6-2/h17-18,22-23,26-27H,5-16,19-21,24-25H2,1-4H3/t26-,27-/m0/s1. The summed E-state index contributed by atoms with van der Waals surface area (Å²) < 4.78 is 11.2. The molecule has 0 amide bonds. The first-order chi connectivity index (χ1) is 17.1. The molecule has 0 fully saturated rings. The second-order valence-corrected chi connectivity index (χ2v) is 9.97. The Morgan fingerprint density at radius 3 is 1.63 bits per heavy atom. The molecule has 2 atom stereocenters. The lowest BCUT2D eigenvalue weighted by molar-refractivity contribution is 0.0354. The molecule has 200 valence electrons. The molecule has 0 aliphatic heterocycles. The van der Waals surface area contributed by atoms with Gasteiger partial charge < -0.3 is 9.47 Å². The Morgan fingerprint density at radius 2 is 1.11 bits per heavy atom. The van der Waals surface area contributed by atoms with Crippen molar-refractivity contribution < 1.29 is 19.1 Å². The van der Waals surface area contributed by atoms with E-state index in [1.807, 2.05) is 0 Å². The highest BCUT2D eigenvalue weighted by atomic mass is 16.5. The molecule has 0 unspecified atom stereocenters. The van der Waals surface area contributed by atoms with Crippen LogP contribution < -0.4 is 0 Å². The average molecular weight is 489 g/mol. The molecule has 0 aliphatic rings. The molecule has 1 rings (SSSR count). The van der Waals surface area contributed by atoms with Gasteiger partial charge in [-0.25, -0.2) is 9.59 Å². The Labute approximate surface area is 215 Å². The van der Waals surface area contributed by atoms with E-state index in [2.05, 4.69) is 27.7 Å². The molecular formula is C31H52O4. The van der Waals surface area contributed by atoms with Gasteiger partial charge in [-0.15, -0.1) is 0 Å². The fourth-order valence-electron chi connectivity index (χ4n) is 4.90. The summed E-state index contributed by atoms with van der Waals surface area (Å²) in [5.41, 5.74) is 0.608. The van der Waals surface area contributed by atoms with Crippen LogP contribution in [0.4, 0.5) is 0 Å². The van der Waals surface area contributed by atoms with Crippen molar-refractivity contribution in [1.82, 2.24) is 0 Å². The Kier molecular flexibility index (Phi) is 18.1. The van der Waals surface area contributed by atoms with E-state index in [-0.39, 0.29) is 0 Å². The van der Waals surface area contributed by atoms with Gasteiger partial charge in [0, 0.05) is 0 Å². The highest BCUT2D eigenvalue weighted by molar-refractivity contribution is 6.03. The third kappa shape index (κ3) is 13.2. The predicted octanol–water partition coefficient (Wildman–Crippen LogP) is 9.16. The van der Waals surface area contributed by atoms with Crippen molar-refractivity contribution >= 4 is 11.9 Å². The van der Waals surface area contributed by atoms with Crippen molar-refractivity contribution in [1.29, 1.82) is 0 Å². The van der Waals surface area contributed by atoms with Crippen molar-refractivity contribution in [2.75, 3.05) is 13.2 Å². The maximum Gasteiger partial charge on any atom is 0.339 e. The van der Waals surface area contributed by atoms with Gasteiger partial charge in [0.2, 0.25) is 0 Å². The SMILES string of the molecule is CCCCCCCCCCCCOC(=O)c1ccccc1C(=O)OC[C@H](CCC)[C@@H](CC)CCC. The monoisotopic (exact) mass is 488 g/mol. The van der Waals surface area contributed by atoms with E-state index >= 15 is 0 Å². The topological polar surface area (TPSA) is 52.6 Å². The third-order valence-electron chi connectivity index (χ3n) is 7.04. The van der Waals surface area contributed by atoms with E-state index in [1.54, 1.807) is 24.3 Å². The molecule has 0 saturated heterocycles. The summed E-state index contributed by atoms with van der Waals surface area (Å²) in [6, 6.07) is 6.86. The van der Waals surface area contributed by atoms with Gasteiger partial charge in [0.25, 0.3) is 0 Å². The average Bonchev–Trinajstić information content (AvgIpc) is 2.88. The summed E-state index contributed by atoms with van der Waals surface area (Å²) in [6.07, 6.45) is 17.9. The first-order valence-electron chi connectivity index (χ1n) is 14.5. The fraction of sp³-hybridized carbons (Fsp3) is 0.742. The van der Waals surface area contributed by atoms with E-state index in [1.165, 1.54) is 51.4 Å². The number of unbranched alkanes of at least 4 members (excludes halogenated alkanes) is 9. The Hall–Kier alpha value is -1.84. The Balaban J connectivity index is 2.45. The maximum absolute atomic E-state index is 12.9. The first kappa shape index (κ1) is 31.2. The van der Waals surface area contributed by atoms with Crippen LogP contribution in [0.2, 0.25) is 0 Å². The second kappa shape index (κ2) is 20.4. The zero-order valence-corrected chi connectivity index (χ0v) is 23.1. The number of rotatable bonds is 21. The number of carbonyl (C=O) groups excluding carboxylic acids is 2. The zero-order valence-electron chi connectivity index (χ0n) is 23.1. The molecular weight excluding hydrogens is 436 g/mol. The largest absolute Gasteiger partial charge is 0.462 e. The van der Waals surface area contributed by atoms with Gasteiger partial charge in [-0.1, -0.05) is 123 Å². The molecule has 35 heavy (non-hydrogen) atoms. The van der Waals surface area contributed by atoms with Gasteiger partial charge in [-0.05, 0) is 36.8 Å². The number of carbonyl (C=O) groups is 2. The van der Waals surface area contributed by atoms with Crippen LogP contribution in [0.1, 0.15) is 145 Å². The van der Waals surface area contributed by atoms with E-state index in [0.29, 0.717) is 36.2 Å². The molecule has 0 N–H and O–H groups in total. The van der Waals surface area contributed by atoms with Crippen LogP contribution in [0, 0.1) is 11.8 Å². The summed E-state index contributed by atoms with van der Waals surface area (Å²) in [5.74, 6) is 0.0679. The minimum Gasteiger partial charge on any atom is -0.462 e. The molecule has 0 radical (unpaired) electrons. The lowest BCUT2D eigenvalue weighted by Gasteiger charge is -2.25. The van der Waals surface area contributed by atoms with Gasteiger partial charge in [-0.2, -0.15) is 0 Å². The molecule has 1 aromatic carbocycles. The minimum atomic E-state index is -0.434. The normalized spacial score (nSPS) is 12.8. The van der Waals surface area contributed by atoms with Gasteiger partial charge >= 0.3 is 11.9 Å². The third-order valence-corrected chi connectivity index (χ3v) is 7.04. The molecule has 0 aliphatic carbocycles. The summed E-state index contributed by atoms with van der Waals surface area (Å²) >= 11 is 0. The van der Waals surface area contributed by atoms with Gasteiger partial charge in [0.15, 0.2) is 0 Å². The van der Waals surface area contributed by atoms with Crippen LogP contribution in [0.25, 0.3) is 0 Å². The van der Waals surface area contributed by atoms with Crippen LogP contribution in [-0.2, 0) is 9.47 Å². The lowest BCUT2D eigenvalue weighted by Crippen LogP contribution is -2.23. The molecule has 0 aromatic heterocycles. The van der Waals surface area contributed by atoms with Crippen molar-refractivity contribution in [3.63, 3.8) is 0 Å². The number of hydrogen-bond donors (Lipinski definition) is 0. The van der Waals surface area contributed by atoms with Crippen LogP contribution in [0.3, 0.4) is 0 Å². The van der Waals surface area contributed by atoms with Crippen LogP contribution >= 0.6 is 0 Å². The number of esters is 2. The van der Waals surface area contributed by atoms with Crippen LogP contribution in [0.15, 0.2) is 24.3 Å². The maximum atomic E-state index is 12.9. The quantitative estimate of drug-likeness (QED) is 0.128. The molecule has 1 aromatic rings. The Bertz CT molecular complexity index is 684. The molecule has 0 bridgehead atoms. The highest BCUT2D eigenvalue weighted by Gasteiger charge is 2.23. The number of hydrogen-bond acceptors (Lipinski definition) is 4. The van der Waals surface area contributed by atoms with E-state index in [4.69, 9.17) is 9.47 Å². The first-order valence-corrected chi connectivity index (χ1v) is 14.5. The van der Waals surface area contributed by atoms with E-state index in [9.17, 15) is 9.59 Å². The van der Waals surface area contributed by atoms with E-state index in [0.717, 1.165) is 44.9 Å². The number of benzene rings is 1. The predicted molar refractivity (Wildman–Crippen MR) is 146 cm³/mol. The molecule has 0 heterocycles. The van der Waals surface area contributed by atoms with Gasteiger partial charge in [0.05, 0.1) is 24.3 Å². The van der Waals surface area contributed by atoms with Crippen molar-refractivity contribution in [3.8, 4) is 0 Å². The van der Waals surface area contributed by atoms with Crippen molar-refractivity contribution in [2.45, 2.75) is 124 Å². The molecule has 4 heteroatoms. The lowest BCUT2D eigenvalue weighted by atomic mass is 9.84. The second-order valence-electron chi connectivity index (χ2n) is 9.97. The summed E-state index contributed by atoms with van der Waals surface area (Å²) in [4.78, 5) is 25.6. The summed E-state index contributed by atoms with van der Waals surface area (Å²) in [7, 11) is 0. The van der Waals surface area contributed by atoms with Crippen molar-refractivity contribution in [2.24, 2.45) is 11.8 Å². The summed E-state index contributed by atoms with van der Waals surface area (Å²) in [5, 5.41) is 0. The highest BCUT2D eigenvalue weighted by Crippen LogP contribution is 2.26. The molecule has 0 saturated carbocycles. The fourth-order valence-corrected chi connectivity index (χ4v) is 4.90. The molecule has 4 nitrogen and oxygen atoms in total. The Morgan fingerprint density at radius 1 is 0.629 bits per heavy atom. The van der Waals surface area contributed by atoms with Crippen LogP contribution in [-0.4, -0.2) is 25.2 Å². The summed E-state index contributed by atoms with van der Waals surface area (Å²) in [6.45, 7) is 9.64. The smallest absolute Gasteiger partial charge is 0.339 e. The van der Waals surface area contributed by atoms with E-state index < -0.39 is 11.9 Å². The van der Waals surface area contributed by atoms with Gasteiger partial charge in [0.1, 0.15) is 0 Å². The van der Waals surface area contributed by atoms with Gasteiger partial charge in [-0.3, -0.25) is 0 Å². The minimum absolute atomic E-state index is 0.303. The number of ether oxygens (including phenoxy) is 2. The van der Waals surface area contributed by atoms with Crippen LogP contribution in [0.5, 0.6) is 0 Å². The molecule has 0 spiro atoms.